The number of benzene rings is 2. The molecule has 0 aliphatic carbocycles. The van der Waals surface area contributed by atoms with Crippen molar-refractivity contribution in [3.63, 3.8) is 0 Å². The molecule has 0 saturated carbocycles. The van der Waals surface area contributed by atoms with Gasteiger partial charge in [-0.3, -0.25) is 4.79 Å². The van der Waals surface area contributed by atoms with E-state index in [2.05, 4.69) is 69.4 Å². The summed E-state index contributed by atoms with van der Waals surface area (Å²) in [5.74, 6) is 0.175. The fourth-order valence-corrected chi connectivity index (χ4v) is 4.82. The van der Waals surface area contributed by atoms with Crippen LogP contribution in [0.4, 0.5) is 5.69 Å². The van der Waals surface area contributed by atoms with E-state index in [1.54, 1.807) is 0 Å². The van der Waals surface area contributed by atoms with E-state index in [-0.39, 0.29) is 44.7 Å². The van der Waals surface area contributed by atoms with Gasteiger partial charge in [-0.25, -0.2) is 0 Å². The van der Waals surface area contributed by atoms with Crippen molar-refractivity contribution in [2.45, 2.75) is 66.0 Å². The normalized spacial score (nSPS) is 16.6. The van der Waals surface area contributed by atoms with Crippen molar-refractivity contribution >= 4 is 11.6 Å². The van der Waals surface area contributed by atoms with Crippen LogP contribution in [0.25, 0.3) is 0 Å². The molecular formula is C25H35N2OY+. The molecule has 29 heavy (non-hydrogen) atoms. The molecule has 0 aromatic heterocycles. The van der Waals surface area contributed by atoms with Gasteiger partial charge in [-0.15, -0.1) is 0 Å². The van der Waals surface area contributed by atoms with Crippen molar-refractivity contribution < 1.29 is 42.0 Å². The SMILES string of the molecule is CCC(C(=O)Nc1c(C)cccc1C)[N+]1(Cc2ccc(C)cc2)CCCCC1.[Y]. The van der Waals surface area contributed by atoms with E-state index < -0.39 is 0 Å². The Morgan fingerprint density at radius 1 is 0.966 bits per heavy atom. The first kappa shape index (κ1) is 24.2. The van der Waals surface area contributed by atoms with Gasteiger partial charge in [0, 0.05) is 50.4 Å². The zero-order chi connectivity index (χ0) is 20.1. The van der Waals surface area contributed by atoms with Crippen molar-refractivity contribution in [2.75, 3.05) is 18.4 Å². The number of aryl methyl sites for hydroxylation is 3. The molecule has 1 fully saturated rings. The van der Waals surface area contributed by atoms with Gasteiger partial charge in [0.1, 0.15) is 6.54 Å². The molecule has 1 aliphatic rings. The number of hydrogen-bond acceptors (Lipinski definition) is 1. The predicted molar refractivity (Wildman–Crippen MR) is 117 cm³/mol. The van der Waals surface area contributed by atoms with E-state index in [0.29, 0.717) is 0 Å². The molecule has 4 heteroatoms. The summed E-state index contributed by atoms with van der Waals surface area (Å²) in [5, 5.41) is 3.29. The maximum absolute atomic E-state index is 13.5. The number of nitrogens with one attached hydrogen (secondary N) is 1. The van der Waals surface area contributed by atoms with Gasteiger partial charge in [-0.2, -0.15) is 0 Å². The van der Waals surface area contributed by atoms with Crippen molar-refractivity contribution in [1.82, 2.24) is 0 Å². The van der Waals surface area contributed by atoms with Crippen LogP contribution in [0, 0.1) is 20.8 Å². The fraction of sp³-hybridized carbons (Fsp3) is 0.480. The second-order valence-electron chi connectivity index (χ2n) is 8.55. The van der Waals surface area contributed by atoms with E-state index in [0.717, 1.165) is 47.4 Å². The summed E-state index contributed by atoms with van der Waals surface area (Å²) in [6.07, 6.45) is 4.56. The van der Waals surface area contributed by atoms with Crippen molar-refractivity contribution in [3.8, 4) is 0 Å². The molecule has 153 valence electrons. The van der Waals surface area contributed by atoms with Gasteiger partial charge in [-0.05, 0) is 51.2 Å². The van der Waals surface area contributed by atoms with E-state index in [9.17, 15) is 4.79 Å². The molecule has 1 radical (unpaired) electrons. The van der Waals surface area contributed by atoms with Crippen molar-refractivity contribution in [3.05, 3.63) is 64.7 Å². The van der Waals surface area contributed by atoms with Crippen LogP contribution in [0.1, 0.15) is 54.9 Å². The smallest absolute Gasteiger partial charge is 0.282 e. The van der Waals surface area contributed by atoms with E-state index >= 15 is 0 Å². The molecule has 1 heterocycles. The van der Waals surface area contributed by atoms with E-state index in [1.807, 2.05) is 6.07 Å². The van der Waals surface area contributed by atoms with Gasteiger partial charge in [-0.1, -0.05) is 55.0 Å². The zero-order valence-electron chi connectivity index (χ0n) is 18.5. The summed E-state index contributed by atoms with van der Waals surface area (Å²) in [6, 6.07) is 15.0. The number of hydrogen-bond donors (Lipinski definition) is 1. The van der Waals surface area contributed by atoms with Gasteiger partial charge < -0.3 is 9.80 Å². The molecule has 1 N–H and O–H groups in total. The third-order valence-electron chi connectivity index (χ3n) is 6.40. The molecule has 0 spiro atoms. The molecule has 2 aromatic carbocycles. The Morgan fingerprint density at radius 3 is 2.10 bits per heavy atom. The number of anilines is 1. The van der Waals surface area contributed by atoms with Gasteiger partial charge in [0.25, 0.3) is 5.91 Å². The molecule has 1 atom stereocenters. The molecule has 1 aliphatic heterocycles. The average Bonchev–Trinajstić information content (AvgIpc) is 2.68. The van der Waals surface area contributed by atoms with Gasteiger partial charge in [0.05, 0.1) is 13.1 Å². The fourth-order valence-electron chi connectivity index (χ4n) is 4.82. The van der Waals surface area contributed by atoms with Gasteiger partial charge >= 0.3 is 0 Å². The number of carbonyl (C=O) groups is 1. The molecule has 3 rings (SSSR count). The number of amides is 1. The third-order valence-corrected chi connectivity index (χ3v) is 6.40. The Bertz CT molecular complexity index is 790. The molecule has 2 aromatic rings. The largest absolute Gasteiger partial charge is 0.320 e. The van der Waals surface area contributed by atoms with Gasteiger partial charge in [0.2, 0.25) is 0 Å². The standard InChI is InChI=1S/C25H34N2O.Y/c1-5-23(25(28)26-24-20(3)10-9-11-21(24)4)27(16-7-6-8-17-27)18-22-14-12-19(2)13-15-22;/h9-15,23H,5-8,16-18H2,1-4H3;/p+1. The summed E-state index contributed by atoms with van der Waals surface area (Å²) < 4.78 is 0.885. The Balaban J connectivity index is 0.00000300. The topological polar surface area (TPSA) is 29.1 Å². The Hall–Kier alpha value is -1.03. The minimum atomic E-state index is -0.0133. The quantitative estimate of drug-likeness (QED) is 0.556. The molecule has 0 bridgehead atoms. The minimum absolute atomic E-state index is 0. The van der Waals surface area contributed by atoms with Crippen LogP contribution in [-0.2, 0) is 44.0 Å². The zero-order valence-corrected chi connectivity index (χ0v) is 21.3. The number of rotatable bonds is 6. The molecule has 1 unspecified atom stereocenters. The van der Waals surface area contributed by atoms with Crippen LogP contribution < -0.4 is 5.32 Å². The summed E-state index contributed by atoms with van der Waals surface area (Å²) in [6.45, 7) is 11.6. The number of para-hydroxylation sites is 1. The molecule has 1 saturated heterocycles. The number of nitrogens with zero attached hydrogens (tertiary/aromatic N) is 1. The Morgan fingerprint density at radius 2 is 1.55 bits per heavy atom. The second-order valence-corrected chi connectivity index (χ2v) is 8.55. The predicted octanol–water partition coefficient (Wildman–Crippen LogP) is 5.53. The minimum Gasteiger partial charge on any atom is -0.320 e. The van der Waals surface area contributed by atoms with Crippen LogP contribution in [0.3, 0.4) is 0 Å². The first-order valence-corrected chi connectivity index (χ1v) is 10.7. The number of quaternary nitrogens is 1. The summed E-state index contributed by atoms with van der Waals surface area (Å²) in [4.78, 5) is 13.5. The summed E-state index contributed by atoms with van der Waals surface area (Å²) >= 11 is 0. The van der Waals surface area contributed by atoms with E-state index in [1.165, 1.54) is 30.4 Å². The van der Waals surface area contributed by atoms with Gasteiger partial charge in [0.15, 0.2) is 6.04 Å². The summed E-state index contributed by atoms with van der Waals surface area (Å²) in [5.41, 5.74) is 5.87. The van der Waals surface area contributed by atoms with Crippen LogP contribution in [0.5, 0.6) is 0 Å². The average molecular weight is 468 g/mol. The Kier molecular flexibility index (Phi) is 9.06. The van der Waals surface area contributed by atoms with Crippen LogP contribution in [0.2, 0.25) is 0 Å². The van der Waals surface area contributed by atoms with Crippen LogP contribution in [-0.4, -0.2) is 29.5 Å². The number of piperidine rings is 1. The monoisotopic (exact) mass is 468 g/mol. The Labute approximate surface area is 201 Å². The van der Waals surface area contributed by atoms with Crippen molar-refractivity contribution in [1.29, 1.82) is 0 Å². The molecule has 3 nitrogen and oxygen atoms in total. The number of carbonyl (C=O) groups excluding carboxylic acids is 1. The van der Waals surface area contributed by atoms with Crippen LogP contribution >= 0.6 is 0 Å². The van der Waals surface area contributed by atoms with Crippen molar-refractivity contribution in [2.24, 2.45) is 0 Å². The first-order chi connectivity index (χ1) is 13.4. The maximum Gasteiger partial charge on any atom is 0.282 e. The van der Waals surface area contributed by atoms with E-state index in [4.69, 9.17) is 0 Å². The number of likely N-dealkylation sites (tertiary alicyclic amines) is 1. The maximum atomic E-state index is 13.5. The van der Waals surface area contributed by atoms with Crippen LogP contribution in [0.15, 0.2) is 42.5 Å². The third kappa shape index (κ3) is 5.77. The summed E-state index contributed by atoms with van der Waals surface area (Å²) in [7, 11) is 0. The molecule has 1 amide bonds. The molecular weight excluding hydrogens is 433 g/mol. The second kappa shape index (κ2) is 10.8. The first-order valence-electron chi connectivity index (χ1n) is 10.7.